The number of aromatic nitrogens is 1. The lowest BCUT2D eigenvalue weighted by Crippen LogP contribution is -2.20. The number of hydrogen-bond acceptors (Lipinski definition) is 4. The average Bonchev–Trinajstić information content (AvgIpc) is 2.88. The predicted molar refractivity (Wildman–Crippen MR) is 73.7 cm³/mol. The third kappa shape index (κ3) is 2.49. The zero-order chi connectivity index (χ0) is 14.0. The number of fused-ring (bicyclic) bond motifs is 1. The van der Waals surface area contributed by atoms with Crippen LogP contribution in [0.5, 0.6) is 0 Å². The van der Waals surface area contributed by atoms with Gasteiger partial charge in [0.2, 0.25) is 5.91 Å². The van der Waals surface area contributed by atoms with Crippen LogP contribution >= 0.6 is 11.3 Å². The molecule has 2 aromatic heterocycles. The van der Waals surface area contributed by atoms with Crippen molar-refractivity contribution in [2.45, 2.75) is 20.3 Å². The summed E-state index contributed by atoms with van der Waals surface area (Å²) in [4.78, 5) is 24.2. The number of carbonyl (C=O) groups is 2. The van der Waals surface area contributed by atoms with Crippen molar-refractivity contribution < 1.29 is 14.3 Å². The van der Waals surface area contributed by atoms with Gasteiger partial charge in [-0.25, -0.2) is 4.79 Å². The fourth-order valence-corrected chi connectivity index (χ4v) is 3.04. The maximum absolute atomic E-state index is 11.9. The van der Waals surface area contributed by atoms with E-state index in [1.54, 1.807) is 14.0 Å². The van der Waals surface area contributed by atoms with Gasteiger partial charge in [-0.3, -0.25) is 4.79 Å². The highest BCUT2D eigenvalue weighted by molar-refractivity contribution is 7.16. The number of esters is 1. The smallest absolute Gasteiger partial charge is 0.341 e. The molecule has 2 rings (SSSR count). The van der Waals surface area contributed by atoms with Crippen LogP contribution in [0.25, 0.3) is 4.83 Å². The molecule has 19 heavy (non-hydrogen) atoms. The van der Waals surface area contributed by atoms with E-state index in [0.717, 1.165) is 16.1 Å². The first-order valence-corrected chi connectivity index (χ1v) is 6.92. The molecule has 0 bridgehead atoms. The number of likely N-dealkylation sites (N-methyl/N-ethyl adjacent to an activating group) is 1. The maximum Gasteiger partial charge on any atom is 0.341 e. The molecular weight excluding hydrogens is 264 g/mol. The summed E-state index contributed by atoms with van der Waals surface area (Å²) in [7, 11) is 1.61. The molecule has 0 spiro atoms. The largest absolute Gasteiger partial charge is 0.462 e. The average molecular weight is 280 g/mol. The Labute approximate surface area is 115 Å². The van der Waals surface area contributed by atoms with Crippen LogP contribution in [0.1, 0.15) is 28.5 Å². The van der Waals surface area contributed by atoms with Gasteiger partial charge >= 0.3 is 5.97 Å². The van der Waals surface area contributed by atoms with Crippen LogP contribution in [0.3, 0.4) is 0 Å². The van der Waals surface area contributed by atoms with E-state index >= 15 is 0 Å². The number of ether oxygens (including phenoxy) is 1. The number of carbonyl (C=O) groups excluding carboxylic acids is 2. The normalized spacial score (nSPS) is 10.7. The van der Waals surface area contributed by atoms with Crippen molar-refractivity contribution in [2.75, 3.05) is 13.7 Å². The minimum atomic E-state index is -0.309. The summed E-state index contributed by atoms with van der Waals surface area (Å²) in [6.07, 6.45) is 2.17. The molecule has 6 heteroatoms. The van der Waals surface area contributed by atoms with E-state index in [0.29, 0.717) is 18.6 Å². The van der Waals surface area contributed by atoms with E-state index in [2.05, 4.69) is 5.32 Å². The molecule has 0 fully saturated rings. The van der Waals surface area contributed by atoms with Crippen LogP contribution in [-0.2, 0) is 16.0 Å². The summed E-state index contributed by atoms with van der Waals surface area (Å²) in [5.41, 5.74) is 2.33. The maximum atomic E-state index is 11.9. The van der Waals surface area contributed by atoms with E-state index in [4.69, 9.17) is 4.74 Å². The number of hydrogen-bond donors (Lipinski definition) is 1. The molecule has 0 saturated heterocycles. The van der Waals surface area contributed by atoms with Gasteiger partial charge in [-0.05, 0) is 19.4 Å². The molecule has 1 amide bonds. The number of rotatable bonds is 4. The third-order valence-electron chi connectivity index (χ3n) is 2.87. The van der Waals surface area contributed by atoms with Crippen molar-refractivity contribution in [3.05, 3.63) is 28.4 Å². The number of nitrogens with zero attached hydrogens (tertiary/aromatic N) is 1. The minimum absolute atomic E-state index is 0.0521. The van der Waals surface area contributed by atoms with Gasteiger partial charge in [0.15, 0.2) is 0 Å². The lowest BCUT2D eigenvalue weighted by atomic mass is 10.2. The van der Waals surface area contributed by atoms with E-state index < -0.39 is 0 Å². The van der Waals surface area contributed by atoms with E-state index in [9.17, 15) is 9.59 Å². The molecular formula is C13H16N2O3S. The zero-order valence-electron chi connectivity index (χ0n) is 11.1. The molecule has 0 aliphatic carbocycles. The molecule has 0 unspecified atom stereocenters. The monoisotopic (exact) mass is 280 g/mol. The van der Waals surface area contributed by atoms with Crippen LogP contribution in [0.15, 0.2) is 11.6 Å². The van der Waals surface area contributed by atoms with Crippen molar-refractivity contribution in [1.82, 2.24) is 9.72 Å². The third-order valence-corrected chi connectivity index (χ3v) is 3.88. The molecule has 1 N–H and O–H groups in total. The Bertz CT molecular complexity index is 627. The van der Waals surface area contributed by atoms with Crippen LogP contribution in [0.4, 0.5) is 0 Å². The Kier molecular flexibility index (Phi) is 3.90. The Hall–Kier alpha value is -1.82. The van der Waals surface area contributed by atoms with Gasteiger partial charge < -0.3 is 14.5 Å². The second-order valence-electron chi connectivity index (χ2n) is 4.16. The highest BCUT2D eigenvalue weighted by Crippen LogP contribution is 2.26. The van der Waals surface area contributed by atoms with Crippen LogP contribution in [-0.4, -0.2) is 29.9 Å². The molecule has 0 saturated carbocycles. The molecule has 5 nitrogen and oxygen atoms in total. The van der Waals surface area contributed by atoms with Crippen LogP contribution in [0.2, 0.25) is 0 Å². The molecule has 2 aromatic rings. The Morgan fingerprint density at radius 2 is 2.21 bits per heavy atom. The highest BCUT2D eigenvalue weighted by Gasteiger charge is 2.20. The lowest BCUT2D eigenvalue weighted by Gasteiger charge is -2.00. The second-order valence-corrected chi connectivity index (χ2v) is 5.02. The van der Waals surface area contributed by atoms with Crippen molar-refractivity contribution in [1.29, 1.82) is 0 Å². The van der Waals surface area contributed by atoms with Crippen molar-refractivity contribution in [3.8, 4) is 0 Å². The van der Waals surface area contributed by atoms with E-state index in [1.165, 1.54) is 11.3 Å². The summed E-state index contributed by atoms with van der Waals surface area (Å²) in [6, 6.07) is 0. The first-order chi connectivity index (χ1) is 9.08. The summed E-state index contributed by atoms with van der Waals surface area (Å²) in [6.45, 7) is 4.01. The van der Waals surface area contributed by atoms with Crippen molar-refractivity contribution in [3.63, 3.8) is 0 Å². The topological polar surface area (TPSA) is 59.8 Å². The summed E-state index contributed by atoms with van der Waals surface area (Å²) in [5.74, 6) is -0.361. The minimum Gasteiger partial charge on any atom is -0.462 e. The van der Waals surface area contributed by atoms with Gasteiger partial charge in [-0.15, -0.1) is 11.3 Å². The first-order valence-electron chi connectivity index (χ1n) is 6.04. The summed E-state index contributed by atoms with van der Waals surface area (Å²) in [5, 5.41) is 4.49. The highest BCUT2D eigenvalue weighted by atomic mass is 32.1. The van der Waals surface area contributed by atoms with Gasteiger partial charge in [0.25, 0.3) is 0 Å². The SMILES string of the molecule is CCOC(=O)c1c(C)cn2c(CC(=O)NC)csc12. The number of nitrogens with one attached hydrogen (secondary N) is 1. The fraction of sp³-hybridized carbons (Fsp3) is 0.385. The Morgan fingerprint density at radius 3 is 2.84 bits per heavy atom. The fourth-order valence-electron chi connectivity index (χ4n) is 1.95. The molecule has 102 valence electrons. The second kappa shape index (κ2) is 5.44. The zero-order valence-corrected chi connectivity index (χ0v) is 12.0. The van der Waals surface area contributed by atoms with Gasteiger partial charge in [-0.1, -0.05) is 0 Å². The molecule has 0 atom stereocenters. The molecule has 0 aromatic carbocycles. The van der Waals surface area contributed by atoms with Crippen molar-refractivity contribution >= 4 is 28.0 Å². The molecule has 0 radical (unpaired) electrons. The molecule has 0 aliphatic heterocycles. The van der Waals surface area contributed by atoms with Crippen LogP contribution in [0, 0.1) is 6.92 Å². The van der Waals surface area contributed by atoms with E-state index in [-0.39, 0.29) is 11.9 Å². The van der Waals surface area contributed by atoms with Gasteiger partial charge in [0.1, 0.15) is 4.83 Å². The van der Waals surface area contributed by atoms with Gasteiger partial charge in [-0.2, -0.15) is 0 Å². The molecule has 0 aliphatic rings. The number of aryl methyl sites for hydroxylation is 1. The van der Waals surface area contributed by atoms with Crippen LogP contribution < -0.4 is 5.32 Å². The molecule has 2 heterocycles. The van der Waals surface area contributed by atoms with E-state index in [1.807, 2.05) is 22.9 Å². The number of amides is 1. The standard InChI is InChI=1S/C13H16N2O3S/c1-4-18-13(17)11-8(2)6-15-9(5-10(16)14-3)7-19-12(11)15/h6-7H,4-5H2,1-3H3,(H,14,16). The predicted octanol–water partition coefficient (Wildman–Crippen LogP) is 1.77. The van der Waals surface area contributed by atoms with Gasteiger partial charge in [0, 0.05) is 24.3 Å². The number of thiazole rings is 1. The Morgan fingerprint density at radius 1 is 1.47 bits per heavy atom. The van der Waals surface area contributed by atoms with Crippen molar-refractivity contribution in [2.24, 2.45) is 0 Å². The summed E-state index contributed by atoms with van der Waals surface area (Å²) >= 11 is 1.45. The lowest BCUT2D eigenvalue weighted by molar-refractivity contribution is -0.120. The summed E-state index contributed by atoms with van der Waals surface area (Å²) < 4.78 is 6.95. The van der Waals surface area contributed by atoms with Gasteiger partial charge in [0.05, 0.1) is 18.6 Å². The first kappa shape index (κ1) is 13.6. The Balaban J connectivity index is 2.43. The quantitative estimate of drug-likeness (QED) is 0.868.